The smallest absolute Gasteiger partial charge is 0.0620 e. The van der Waals surface area contributed by atoms with E-state index in [-0.39, 0.29) is 0 Å². The highest BCUT2D eigenvalue weighted by atomic mass is 31.2. The summed E-state index contributed by atoms with van der Waals surface area (Å²) in [6.07, 6.45) is 0. The van der Waals surface area contributed by atoms with E-state index in [0.29, 0.717) is 0 Å². The molecule has 0 aliphatic rings. The predicted molar refractivity (Wildman–Crippen MR) is 101 cm³/mol. The van der Waals surface area contributed by atoms with Gasteiger partial charge in [0.2, 0.25) is 0 Å². The molecule has 0 aliphatic heterocycles. The molecule has 0 aromatic heterocycles. The second-order valence-corrected chi connectivity index (χ2v) is 9.41. The third-order valence-electron chi connectivity index (χ3n) is 4.47. The van der Waals surface area contributed by atoms with Crippen molar-refractivity contribution in [2.75, 3.05) is 6.66 Å². The van der Waals surface area contributed by atoms with Crippen LogP contribution in [0.15, 0.2) is 78.9 Å². The van der Waals surface area contributed by atoms with Gasteiger partial charge < -0.3 is 0 Å². The second kappa shape index (κ2) is 6.07. The molecule has 0 atom stereocenters. The van der Waals surface area contributed by atoms with Crippen LogP contribution in [0.25, 0.3) is 0 Å². The lowest BCUT2D eigenvalue weighted by Crippen LogP contribution is -2.32. The van der Waals surface area contributed by atoms with Crippen LogP contribution in [0, 0.1) is 13.8 Å². The maximum Gasteiger partial charge on any atom is 0.109 e. The highest BCUT2D eigenvalue weighted by Crippen LogP contribution is 2.52. The van der Waals surface area contributed by atoms with E-state index in [4.69, 9.17) is 0 Å². The lowest BCUT2D eigenvalue weighted by atomic mass is 10.2. The lowest BCUT2D eigenvalue weighted by Gasteiger charge is -2.25. The Kier molecular flexibility index (Phi) is 4.14. The molecule has 3 aromatic rings. The molecule has 0 amide bonds. The Morgan fingerprint density at radius 3 is 1.41 bits per heavy atom. The van der Waals surface area contributed by atoms with E-state index in [9.17, 15) is 0 Å². The molecule has 0 radical (unpaired) electrons. The van der Waals surface area contributed by atoms with Gasteiger partial charge in [-0.1, -0.05) is 54.6 Å². The summed E-state index contributed by atoms with van der Waals surface area (Å²) in [7, 11) is -1.60. The molecule has 0 bridgehead atoms. The molecular weight excluding hydrogens is 283 g/mol. The van der Waals surface area contributed by atoms with E-state index in [1.54, 1.807) is 0 Å². The molecule has 3 aromatic carbocycles. The molecule has 0 heterocycles. The second-order valence-electron chi connectivity index (χ2n) is 5.91. The number of benzene rings is 3. The largest absolute Gasteiger partial charge is 0.109 e. The van der Waals surface area contributed by atoms with Crippen molar-refractivity contribution in [3.05, 3.63) is 90.0 Å². The Labute approximate surface area is 134 Å². The Hall–Kier alpha value is -1.91. The zero-order valence-electron chi connectivity index (χ0n) is 13.5. The lowest BCUT2D eigenvalue weighted by molar-refractivity contribution is 1.50. The first-order chi connectivity index (χ1) is 10.6. The van der Waals surface area contributed by atoms with Gasteiger partial charge in [-0.15, -0.1) is 0 Å². The van der Waals surface area contributed by atoms with Crippen molar-refractivity contribution >= 4 is 23.2 Å². The molecule has 0 saturated heterocycles. The molecule has 0 nitrogen and oxygen atoms in total. The number of hydrogen-bond donors (Lipinski definition) is 0. The molecule has 0 spiro atoms. The summed E-state index contributed by atoms with van der Waals surface area (Å²) in [4.78, 5) is 0. The SMILES string of the molecule is Cc1ccccc1[P+](C)(c1ccccc1)c1ccccc1C. The molecule has 0 fully saturated rings. The average Bonchev–Trinajstić information content (AvgIpc) is 2.56. The quantitative estimate of drug-likeness (QED) is 0.635. The normalized spacial score (nSPS) is 11.4. The van der Waals surface area contributed by atoms with Crippen LogP contribution in [0.5, 0.6) is 0 Å². The van der Waals surface area contributed by atoms with Crippen LogP contribution in [0.1, 0.15) is 11.1 Å². The number of rotatable bonds is 3. The summed E-state index contributed by atoms with van der Waals surface area (Å²) < 4.78 is 0. The molecule has 1 heteroatoms. The van der Waals surface area contributed by atoms with Crippen molar-refractivity contribution in [3.8, 4) is 0 Å². The van der Waals surface area contributed by atoms with E-state index < -0.39 is 7.26 Å². The van der Waals surface area contributed by atoms with Gasteiger partial charge in [0, 0.05) is 0 Å². The molecule has 0 unspecified atom stereocenters. The highest BCUT2D eigenvalue weighted by molar-refractivity contribution is 7.95. The van der Waals surface area contributed by atoms with Crippen molar-refractivity contribution in [3.63, 3.8) is 0 Å². The summed E-state index contributed by atoms with van der Waals surface area (Å²) in [6, 6.07) is 28.7. The van der Waals surface area contributed by atoms with Gasteiger partial charge in [0.1, 0.15) is 23.2 Å². The van der Waals surface area contributed by atoms with Crippen LogP contribution in [-0.2, 0) is 0 Å². The molecule has 0 N–H and O–H groups in total. The predicted octanol–water partition coefficient (Wildman–Crippen LogP) is 4.23. The minimum atomic E-state index is -1.60. The maximum absolute atomic E-state index is 2.45. The number of aryl methyl sites for hydroxylation is 2. The fraction of sp³-hybridized carbons (Fsp3) is 0.143. The van der Waals surface area contributed by atoms with E-state index in [0.717, 1.165) is 0 Å². The fourth-order valence-corrected chi connectivity index (χ4v) is 7.18. The minimum absolute atomic E-state index is 1.38. The van der Waals surface area contributed by atoms with Crippen molar-refractivity contribution in [1.29, 1.82) is 0 Å². The Balaban J connectivity index is 2.33. The maximum atomic E-state index is 2.45. The minimum Gasteiger partial charge on any atom is -0.0620 e. The first-order valence-corrected chi connectivity index (χ1v) is 9.92. The number of hydrogen-bond acceptors (Lipinski definition) is 0. The molecule has 3 rings (SSSR count). The molecule has 22 heavy (non-hydrogen) atoms. The zero-order chi connectivity index (χ0) is 15.6. The first-order valence-electron chi connectivity index (χ1n) is 7.68. The Morgan fingerprint density at radius 2 is 0.955 bits per heavy atom. The van der Waals surface area contributed by atoms with E-state index >= 15 is 0 Å². The van der Waals surface area contributed by atoms with Crippen LogP contribution in [0.2, 0.25) is 0 Å². The molecule has 0 aliphatic carbocycles. The fourth-order valence-electron chi connectivity index (χ4n) is 3.26. The van der Waals surface area contributed by atoms with Crippen LogP contribution < -0.4 is 15.9 Å². The average molecular weight is 305 g/mol. The Bertz CT molecular complexity index is 729. The van der Waals surface area contributed by atoms with Gasteiger partial charge in [-0.05, 0) is 49.2 Å². The zero-order valence-corrected chi connectivity index (χ0v) is 14.3. The van der Waals surface area contributed by atoms with Crippen molar-refractivity contribution < 1.29 is 0 Å². The monoisotopic (exact) mass is 305 g/mol. The summed E-state index contributed by atoms with van der Waals surface area (Å²) >= 11 is 0. The van der Waals surface area contributed by atoms with E-state index in [1.807, 2.05) is 0 Å². The van der Waals surface area contributed by atoms with Crippen molar-refractivity contribution in [2.45, 2.75) is 13.8 Å². The van der Waals surface area contributed by atoms with Crippen molar-refractivity contribution in [2.24, 2.45) is 0 Å². The van der Waals surface area contributed by atoms with Crippen LogP contribution in [0.4, 0.5) is 0 Å². The third-order valence-corrected chi connectivity index (χ3v) is 8.73. The van der Waals surface area contributed by atoms with Gasteiger partial charge in [-0.3, -0.25) is 0 Å². The van der Waals surface area contributed by atoms with Crippen molar-refractivity contribution in [1.82, 2.24) is 0 Å². The van der Waals surface area contributed by atoms with Gasteiger partial charge in [-0.25, -0.2) is 0 Å². The van der Waals surface area contributed by atoms with Gasteiger partial charge in [0.05, 0.1) is 6.66 Å². The van der Waals surface area contributed by atoms with Gasteiger partial charge in [0.25, 0.3) is 0 Å². The molecule has 110 valence electrons. The van der Waals surface area contributed by atoms with E-state index in [1.165, 1.54) is 27.0 Å². The van der Waals surface area contributed by atoms with Crippen LogP contribution in [0.3, 0.4) is 0 Å². The summed E-state index contributed by atoms with van der Waals surface area (Å²) in [5.74, 6) is 0. The van der Waals surface area contributed by atoms with Gasteiger partial charge in [-0.2, -0.15) is 0 Å². The first kappa shape index (κ1) is 15.0. The van der Waals surface area contributed by atoms with Crippen LogP contribution in [-0.4, -0.2) is 6.66 Å². The van der Waals surface area contributed by atoms with Crippen LogP contribution >= 0.6 is 7.26 Å². The highest BCUT2D eigenvalue weighted by Gasteiger charge is 2.42. The van der Waals surface area contributed by atoms with E-state index in [2.05, 4.69) is 99.4 Å². The Morgan fingerprint density at radius 1 is 0.545 bits per heavy atom. The summed E-state index contributed by atoms with van der Waals surface area (Å²) in [6.45, 7) is 6.91. The molecule has 0 saturated carbocycles. The summed E-state index contributed by atoms with van der Waals surface area (Å²) in [5, 5.41) is 4.41. The van der Waals surface area contributed by atoms with Gasteiger partial charge in [0.15, 0.2) is 0 Å². The topological polar surface area (TPSA) is 0 Å². The molecular formula is C21H22P+. The van der Waals surface area contributed by atoms with Gasteiger partial charge >= 0.3 is 0 Å². The summed E-state index contributed by atoms with van der Waals surface area (Å²) in [5.41, 5.74) is 2.76. The third kappa shape index (κ3) is 2.49. The standard InChI is InChI=1S/C21H22P/c1-17-11-7-9-15-20(17)22(3,19-13-5-4-6-14-19)21-16-10-8-12-18(21)2/h4-16H,1-3H3/q+1.